The fourth-order valence-corrected chi connectivity index (χ4v) is 6.74. The number of aryl methyl sites for hydroxylation is 1. The van der Waals surface area contributed by atoms with E-state index in [1.807, 2.05) is 18.9 Å². The minimum atomic E-state index is -3.82. The topological polar surface area (TPSA) is 134 Å². The van der Waals surface area contributed by atoms with Crippen molar-refractivity contribution >= 4 is 36.9 Å². The summed E-state index contributed by atoms with van der Waals surface area (Å²) >= 11 is 0. The molecule has 0 bridgehead atoms. The molecular formula is C21H27N5O5S2. The van der Waals surface area contributed by atoms with Gasteiger partial charge in [0.1, 0.15) is 12.1 Å². The molecule has 0 saturated heterocycles. The van der Waals surface area contributed by atoms with Crippen molar-refractivity contribution in [2.45, 2.75) is 49.8 Å². The number of aliphatic hydroxyl groups excluding tert-OH is 1. The maximum Gasteiger partial charge on any atom is 0.269 e. The van der Waals surface area contributed by atoms with Gasteiger partial charge in [-0.3, -0.25) is 0 Å². The Bertz CT molecular complexity index is 1360. The zero-order chi connectivity index (χ0) is 24.0. The molecule has 1 saturated carbocycles. The zero-order valence-corrected chi connectivity index (χ0v) is 20.2. The van der Waals surface area contributed by atoms with Crippen molar-refractivity contribution in [3.63, 3.8) is 0 Å². The first kappa shape index (κ1) is 23.6. The van der Waals surface area contributed by atoms with E-state index >= 15 is 0 Å². The molecule has 1 aliphatic carbocycles. The largest absolute Gasteiger partial charge is 0.392 e. The molecule has 1 aliphatic rings. The van der Waals surface area contributed by atoms with Crippen LogP contribution in [0.25, 0.3) is 11.0 Å². The highest BCUT2D eigenvalue weighted by Crippen LogP contribution is 2.33. The van der Waals surface area contributed by atoms with Crippen molar-refractivity contribution in [3.05, 3.63) is 48.4 Å². The van der Waals surface area contributed by atoms with Crippen LogP contribution >= 0.6 is 0 Å². The smallest absolute Gasteiger partial charge is 0.269 e. The van der Waals surface area contributed by atoms with Crippen LogP contribution in [0.1, 0.15) is 25.3 Å². The van der Waals surface area contributed by atoms with Gasteiger partial charge in [0.2, 0.25) is 10.0 Å². The predicted molar refractivity (Wildman–Crippen MR) is 125 cm³/mol. The highest BCUT2D eigenvalue weighted by Gasteiger charge is 2.36. The molecule has 2 aromatic heterocycles. The van der Waals surface area contributed by atoms with E-state index in [0.717, 1.165) is 9.54 Å². The van der Waals surface area contributed by atoms with Gasteiger partial charge in [0.25, 0.3) is 10.0 Å². The molecule has 1 fully saturated rings. The van der Waals surface area contributed by atoms with Crippen LogP contribution in [0.4, 0.5) is 5.82 Å². The summed E-state index contributed by atoms with van der Waals surface area (Å²) in [6.07, 6.45) is 3.01. The van der Waals surface area contributed by atoms with Gasteiger partial charge < -0.3 is 10.0 Å². The minimum absolute atomic E-state index is 0.0272. The van der Waals surface area contributed by atoms with E-state index in [9.17, 15) is 21.9 Å². The summed E-state index contributed by atoms with van der Waals surface area (Å²) in [5, 5.41) is 9.93. The van der Waals surface area contributed by atoms with Crippen LogP contribution in [0.2, 0.25) is 0 Å². The van der Waals surface area contributed by atoms with Crippen molar-refractivity contribution in [1.82, 2.24) is 18.7 Å². The Morgan fingerprint density at radius 3 is 2.45 bits per heavy atom. The number of aromatic nitrogens is 3. The molecule has 0 unspecified atom stereocenters. The van der Waals surface area contributed by atoms with Crippen molar-refractivity contribution in [2.24, 2.45) is 0 Å². The standard InChI is InChI=1S/C21H27N5O5S2/c1-14-4-6-18(7-5-14)33(30,31)26-9-8-19-20(22-13-23-21(19)26)25(3)17-10-16(11-17)24-32(28,29)12-15(2)27/h4-9,13,15-17,24,27H,10-12H2,1-3H3/t15-,16?,17?/m1/s1. The molecule has 33 heavy (non-hydrogen) atoms. The Labute approximate surface area is 193 Å². The fourth-order valence-electron chi connectivity index (χ4n) is 4.01. The van der Waals surface area contributed by atoms with Crippen LogP contribution in [0, 0.1) is 6.92 Å². The van der Waals surface area contributed by atoms with E-state index in [-0.39, 0.29) is 28.4 Å². The van der Waals surface area contributed by atoms with Gasteiger partial charge in [0.05, 0.1) is 22.1 Å². The van der Waals surface area contributed by atoms with E-state index < -0.39 is 26.2 Å². The van der Waals surface area contributed by atoms with E-state index in [4.69, 9.17) is 0 Å². The van der Waals surface area contributed by atoms with E-state index in [1.165, 1.54) is 19.4 Å². The molecule has 0 amide bonds. The molecule has 178 valence electrons. The van der Waals surface area contributed by atoms with E-state index in [1.54, 1.807) is 30.3 Å². The molecule has 2 N–H and O–H groups in total. The third kappa shape index (κ3) is 4.74. The number of sulfonamides is 1. The summed E-state index contributed by atoms with van der Waals surface area (Å²) in [7, 11) is -5.52. The summed E-state index contributed by atoms with van der Waals surface area (Å²) in [6, 6.07) is 8.11. The summed E-state index contributed by atoms with van der Waals surface area (Å²) in [5.74, 6) is 0.243. The van der Waals surface area contributed by atoms with Gasteiger partial charge in [-0.1, -0.05) is 17.7 Å². The van der Waals surface area contributed by atoms with E-state index in [2.05, 4.69) is 14.7 Å². The van der Waals surface area contributed by atoms with Crippen molar-refractivity contribution in [2.75, 3.05) is 17.7 Å². The number of anilines is 1. The van der Waals surface area contributed by atoms with Crippen LogP contribution in [-0.4, -0.2) is 66.9 Å². The molecule has 0 spiro atoms. The van der Waals surface area contributed by atoms with Gasteiger partial charge in [-0.05, 0) is 44.9 Å². The normalized spacial score (nSPS) is 19.9. The molecule has 10 nitrogen and oxygen atoms in total. The monoisotopic (exact) mass is 493 g/mol. The quantitative estimate of drug-likeness (QED) is 0.479. The summed E-state index contributed by atoms with van der Waals surface area (Å²) in [6.45, 7) is 3.32. The third-order valence-corrected chi connectivity index (χ3v) is 9.10. The average molecular weight is 494 g/mol. The van der Waals surface area contributed by atoms with Crippen LogP contribution in [0.5, 0.6) is 0 Å². The van der Waals surface area contributed by atoms with Crippen LogP contribution in [0.3, 0.4) is 0 Å². The maximum absolute atomic E-state index is 13.2. The van der Waals surface area contributed by atoms with Crippen LogP contribution in [-0.2, 0) is 20.0 Å². The lowest BCUT2D eigenvalue weighted by molar-refractivity contribution is 0.217. The fraction of sp³-hybridized carbons (Fsp3) is 0.429. The predicted octanol–water partition coefficient (Wildman–Crippen LogP) is 1.24. The summed E-state index contributed by atoms with van der Waals surface area (Å²) in [4.78, 5) is 10.7. The molecule has 3 aromatic rings. The number of nitrogens with one attached hydrogen (secondary N) is 1. The Balaban J connectivity index is 1.55. The second-order valence-electron chi connectivity index (χ2n) is 8.55. The second kappa shape index (κ2) is 8.67. The van der Waals surface area contributed by atoms with Crippen molar-refractivity contribution < 1.29 is 21.9 Å². The summed E-state index contributed by atoms with van der Waals surface area (Å²) in [5.41, 5.74) is 1.24. The number of nitrogens with zero attached hydrogens (tertiary/aromatic N) is 4. The molecule has 2 heterocycles. The van der Waals surface area contributed by atoms with Gasteiger partial charge in [0.15, 0.2) is 5.65 Å². The minimum Gasteiger partial charge on any atom is -0.392 e. The zero-order valence-electron chi connectivity index (χ0n) is 18.6. The summed E-state index contributed by atoms with van der Waals surface area (Å²) < 4.78 is 54.2. The SMILES string of the molecule is Cc1ccc(S(=O)(=O)n2ccc3c(N(C)C4CC(NS(=O)(=O)C[C@@H](C)O)C4)ncnc32)cc1. The highest BCUT2D eigenvalue weighted by molar-refractivity contribution is 7.90. The van der Waals surface area contributed by atoms with Gasteiger partial charge in [-0.25, -0.2) is 35.5 Å². The molecular weight excluding hydrogens is 466 g/mol. The number of benzene rings is 1. The van der Waals surface area contributed by atoms with Gasteiger partial charge in [-0.2, -0.15) is 0 Å². The first-order valence-corrected chi connectivity index (χ1v) is 13.6. The van der Waals surface area contributed by atoms with E-state index in [0.29, 0.717) is 24.0 Å². The third-order valence-electron chi connectivity index (χ3n) is 5.81. The molecule has 0 aliphatic heterocycles. The molecule has 1 atom stereocenters. The Morgan fingerprint density at radius 1 is 1.15 bits per heavy atom. The van der Waals surface area contributed by atoms with Crippen molar-refractivity contribution in [1.29, 1.82) is 0 Å². The second-order valence-corrected chi connectivity index (χ2v) is 12.2. The number of fused-ring (bicyclic) bond motifs is 1. The lowest BCUT2D eigenvalue weighted by atomic mass is 9.86. The van der Waals surface area contributed by atoms with Crippen LogP contribution in [0.15, 0.2) is 47.8 Å². The number of aliphatic hydroxyl groups is 1. The number of hydrogen-bond donors (Lipinski definition) is 2. The number of hydrogen-bond acceptors (Lipinski definition) is 8. The highest BCUT2D eigenvalue weighted by atomic mass is 32.2. The molecule has 4 rings (SSSR count). The lowest BCUT2D eigenvalue weighted by Gasteiger charge is -2.42. The van der Waals surface area contributed by atoms with Crippen molar-refractivity contribution in [3.8, 4) is 0 Å². The Kier molecular flexibility index (Phi) is 6.20. The Hall–Kier alpha value is -2.54. The molecule has 12 heteroatoms. The van der Waals surface area contributed by atoms with Gasteiger partial charge >= 0.3 is 0 Å². The average Bonchev–Trinajstić information content (AvgIpc) is 3.14. The van der Waals surface area contributed by atoms with Gasteiger partial charge in [0, 0.05) is 25.3 Å². The van der Waals surface area contributed by atoms with Gasteiger partial charge in [-0.15, -0.1) is 0 Å². The molecule has 1 aromatic carbocycles. The first-order chi connectivity index (χ1) is 15.5. The van der Waals surface area contributed by atoms with Crippen LogP contribution < -0.4 is 9.62 Å². The molecule has 0 radical (unpaired) electrons. The lowest BCUT2D eigenvalue weighted by Crippen LogP contribution is -2.54. The maximum atomic E-state index is 13.2. The first-order valence-electron chi connectivity index (χ1n) is 10.5. The Morgan fingerprint density at radius 2 is 1.82 bits per heavy atom. The number of rotatable bonds is 8.